The summed E-state index contributed by atoms with van der Waals surface area (Å²) in [7, 11) is 0. The van der Waals surface area contributed by atoms with Crippen LogP contribution in [0, 0.1) is 0 Å². The molecular formula is C9H18N4O2. The van der Waals surface area contributed by atoms with E-state index in [-0.39, 0.29) is 13.2 Å². The van der Waals surface area contributed by atoms with Gasteiger partial charge < -0.3 is 20.2 Å². The SMILES string of the molecule is CCCCN(CCO)c1nnc(CN)o1. The van der Waals surface area contributed by atoms with Crippen molar-refractivity contribution in [3.05, 3.63) is 5.89 Å². The van der Waals surface area contributed by atoms with Crippen LogP contribution >= 0.6 is 0 Å². The van der Waals surface area contributed by atoms with Crippen molar-refractivity contribution >= 4 is 6.01 Å². The Hall–Kier alpha value is -1.14. The fourth-order valence-corrected chi connectivity index (χ4v) is 1.23. The van der Waals surface area contributed by atoms with E-state index < -0.39 is 0 Å². The zero-order valence-corrected chi connectivity index (χ0v) is 9.02. The highest BCUT2D eigenvalue weighted by molar-refractivity contribution is 5.23. The van der Waals surface area contributed by atoms with Crippen LogP contribution in [0.3, 0.4) is 0 Å². The number of nitrogens with zero attached hydrogens (tertiary/aromatic N) is 3. The molecule has 1 heterocycles. The van der Waals surface area contributed by atoms with E-state index in [0.29, 0.717) is 18.5 Å². The molecule has 0 saturated carbocycles. The third kappa shape index (κ3) is 3.49. The fraction of sp³-hybridized carbons (Fsp3) is 0.778. The van der Waals surface area contributed by atoms with Crippen molar-refractivity contribution in [1.29, 1.82) is 0 Å². The summed E-state index contributed by atoms with van der Waals surface area (Å²) in [5.41, 5.74) is 5.37. The van der Waals surface area contributed by atoms with Crippen LogP contribution in [0.5, 0.6) is 0 Å². The van der Waals surface area contributed by atoms with Gasteiger partial charge in [-0.25, -0.2) is 0 Å². The number of aliphatic hydroxyl groups excluding tert-OH is 1. The highest BCUT2D eigenvalue weighted by Gasteiger charge is 2.12. The van der Waals surface area contributed by atoms with Crippen molar-refractivity contribution in [2.45, 2.75) is 26.3 Å². The lowest BCUT2D eigenvalue weighted by Crippen LogP contribution is -2.28. The maximum Gasteiger partial charge on any atom is 0.318 e. The Morgan fingerprint density at radius 2 is 2.20 bits per heavy atom. The second-order valence-electron chi connectivity index (χ2n) is 3.25. The molecule has 15 heavy (non-hydrogen) atoms. The first-order valence-corrected chi connectivity index (χ1v) is 5.20. The van der Waals surface area contributed by atoms with Crippen LogP contribution in [0.2, 0.25) is 0 Å². The summed E-state index contributed by atoms with van der Waals surface area (Å²) in [6, 6.07) is 0.443. The van der Waals surface area contributed by atoms with E-state index in [4.69, 9.17) is 15.3 Å². The molecule has 6 heteroatoms. The van der Waals surface area contributed by atoms with E-state index >= 15 is 0 Å². The maximum atomic E-state index is 8.91. The number of nitrogens with two attached hydrogens (primary N) is 1. The molecule has 0 aliphatic rings. The van der Waals surface area contributed by atoms with E-state index in [0.717, 1.165) is 19.4 Å². The van der Waals surface area contributed by atoms with E-state index in [2.05, 4.69) is 17.1 Å². The second kappa shape index (κ2) is 6.36. The Kier molecular flexibility index (Phi) is 5.06. The van der Waals surface area contributed by atoms with Gasteiger partial charge in [-0.05, 0) is 6.42 Å². The number of aliphatic hydroxyl groups is 1. The quantitative estimate of drug-likeness (QED) is 0.670. The van der Waals surface area contributed by atoms with Gasteiger partial charge in [0.15, 0.2) is 0 Å². The summed E-state index contributed by atoms with van der Waals surface area (Å²) in [4.78, 5) is 1.87. The first kappa shape index (κ1) is 11.9. The average molecular weight is 214 g/mol. The third-order valence-electron chi connectivity index (χ3n) is 2.05. The van der Waals surface area contributed by atoms with Crippen LogP contribution in [0.1, 0.15) is 25.7 Å². The van der Waals surface area contributed by atoms with Crippen molar-refractivity contribution in [2.75, 3.05) is 24.6 Å². The molecule has 86 valence electrons. The largest absolute Gasteiger partial charge is 0.407 e. The van der Waals surface area contributed by atoms with Gasteiger partial charge in [-0.15, -0.1) is 5.10 Å². The van der Waals surface area contributed by atoms with Crippen LogP contribution in [0.4, 0.5) is 6.01 Å². The fourth-order valence-electron chi connectivity index (χ4n) is 1.23. The number of hydrogen-bond acceptors (Lipinski definition) is 6. The molecule has 0 aliphatic carbocycles. The Bertz CT molecular complexity index is 277. The van der Waals surface area contributed by atoms with Crippen LogP contribution in [-0.4, -0.2) is 35.0 Å². The molecule has 0 fully saturated rings. The number of aromatic nitrogens is 2. The summed E-state index contributed by atoms with van der Waals surface area (Å²) in [6.45, 7) is 3.74. The second-order valence-corrected chi connectivity index (χ2v) is 3.25. The Balaban J connectivity index is 2.60. The molecule has 0 bridgehead atoms. The molecule has 3 N–H and O–H groups in total. The highest BCUT2D eigenvalue weighted by atomic mass is 16.4. The van der Waals surface area contributed by atoms with Gasteiger partial charge in [0.2, 0.25) is 5.89 Å². The molecule has 0 unspecified atom stereocenters. The molecule has 0 radical (unpaired) electrons. The standard InChI is InChI=1S/C9H18N4O2/c1-2-3-4-13(5-6-14)9-12-11-8(7-10)15-9/h14H,2-7,10H2,1H3. The van der Waals surface area contributed by atoms with Gasteiger partial charge in [-0.1, -0.05) is 18.4 Å². The number of hydrogen-bond donors (Lipinski definition) is 2. The number of rotatable bonds is 7. The summed E-state index contributed by atoms with van der Waals surface area (Å²) in [5.74, 6) is 0.421. The van der Waals surface area contributed by atoms with Crippen molar-refractivity contribution in [3.8, 4) is 0 Å². The van der Waals surface area contributed by atoms with E-state index in [1.807, 2.05) is 4.90 Å². The molecule has 1 rings (SSSR count). The Labute approximate surface area is 89.1 Å². The minimum absolute atomic E-state index is 0.0735. The molecule has 0 spiro atoms. The molecule has 0 atom stereocenters. The minimum Gasteiger partial charge on any atom is -0.407 e. The molecule has 1 aromatic heterocycles. The zero-order chi connectivity index (χ0) is 11.1. The van der Waals surface area contributed by atoms with Gasteiger partial charge in [0.25, 0.3) is 0 Å². The Morgan fingerprint density at radius 1 is 1.40 bits per heavy atom. The van der Waals surface area contributed by atoms with Crippen LogP contribution in [-0.2, 0) is 6.54 Å². The molecule has 0 aliphatic heterocycles. The molecule has 6 nitrogen and oxygen atoms in total. The van der Waals surface area contributed by atoms with Crippen LogP contribution in [0.15, 0.2) is 4.42 Å². The van der Waals surface area contributed by atoms with Gasteiger partial charge in [-0.2, -0.15) is 0 Å². The molecule has 1 aromatic rings. The van der Waals surface area contributed by atoms with Gasteiger partial charge in [0.05, 0.1) is 13.2 Å². The van der Waals surface area contributed by atoms with Crippen LogP contribution in [0.25, 0.3) is 0 Å². The normalized spacial score (nSPS) is 10.6. The predicted molar refractivity (Wildman–Crippen MR) is 56.4 cm³/mol. The summed E-state index contributed by atoms with van der Waals surface area (Å²) >= 11 is 0. The summed E-state index contributed by atoms with van der Waals surface area (Å²) in [5, 5.41) is 16.6. The predicted octanol–water partition coefficient (Wildman–Crippen LogP) is 0.127. The van der Waals surface area contributed by atoms with Crippen molar-refractivity contribution in [3.63, 3.8) is 0 Å². The van der Waals surface area contributed by atoms with Gasteiger partial charge in [-0.3, -0.25) is 0 Å². The molecular weight excluding hydrogens is 196 g/mol. The van der Waals surface area contributed by atoms with Crippen LogP contribution < -0.4 is 10.6 Å². The average Bonchev–Trinajstić information content (AvgIpc) is 2.72. The van der Waals surface area contributed by atoms with Crippen molar-refractivity contribution < 1.29 is 9.52 Å². The maximum absolute atomic E-state index is 8.91. The van der Waals surface area contributed by atoms with E-state index in [1.54, 1.807) is 0 Å². The third-order valence-corrected chi connectivity index (χ3v) is 2.05. The monoisotopic (exact) mass is 214 g/mol. The van der Waals surface area contributed by atoms with Gasteiger partial charge in [0, 0.05) is 13.1 Å². The molecule has 0 amide bonds. The van der Waals surface area contributed by atoms with E-state index in [1.165, 1.54) is 0 Å². The molecule has 0 aromatic carbocycles. The first-order chi connectivity index (χ1) is 7.31. The first-order valence-electron chi connectivity index (χ1n) is 5.20. The van der Waals surface area contributed by atoms with E-state index in [9.17, 15) is 0 Å². The van der Waals surface area contributed by atoms with Gasteiger partial charge >= 0.3 is 6.01 Å². The van der Waals surface area contributed by atoms with Crippen molar-refractivity contribution in [1.82, 2.24) is 10.2 Å². The number of anilines is 1. The lowest BCUT2D eigenvalue weighted by Gasteiger charge is -2.17. The summed E-state index contributed by atoms with van der Waals surface area (Å²) in [6.07, 6.45) is 2.11. The molecule has 0 saturated heterocycles. The topological polar surface area (TPSA) is 88.4 Å². The lowest BCUT2D eigenvalue weighted by molar-refractivity contribution is 0.298. The number of unbranched alkanes of at least 4 members (excludes halogenated alkanes) is 1. The Morgan fingerprint density at radius 3 is 2.73 bits per heavy atom. The highest BCUT2D eigenvalue weighted by Crippen LogP contribution is 2.12. The summed E-state index contributed by atoms with van der Waals surface area (Å²) < 4.78 is 5.31. The van der Waals surface area contributed by atoms with Crippen molar-refractivity contribution in [2.24, 2.45) is 5.73 Å². The lowest BCUT2D eigenvalue weighted by atomic mass is 10.3. The minimum atomic E-state index is 0.0735. The zero-order valence-electron chi connectivity index (χ0n) is 9.02. The smallest absolute Gasteiger partial charge is 0.318 e. The van der Waals surface area contributed by atoms with Gasteiger partial charge in [0.1, 0.15) is 0 Å².